The summed E-state index contributed by atoms with van der Waals surface area (Å²) in [7, 11) is 0. The van der Waals surface area contributed by atoms with E-state index in [1.807, 2.05) is 30.3 Å². The Balaban J connectivity index is 1.66. The van der Waals surface area contributed by atoms with Crippen LogP contribution in [0.5, 0.6) is 0 Å². The Morgan fingerprint density at radius 2 is 1.73 bits per heavy atom. The molecule has 2 aromatic carbocycles. The minimum atomic E-state index is -0.692. The zero-order valence-corrected chi connectivity index (χ0v) is 14.3. The molecule has 1 N–H and O–H groups in total. The number of nitrogens with zero attached hydrogens (tertiary/aromatic N) is 2. The van der Waals surface area contributed by atoms with Gasteiger partial charge in [0.05, 0.1) is 5.56 Å². The Bertz CT molecular complexity index is 904. The molecular formula is C19H17N3O4. The first-order valence-corrected chi connectivity index (χ1v) is 8.00. The summed E-state index contributed by atoms with van der Waals surface area (Å²) in [5.41, 5.74) is 1.75. The van der Waals surface area contributed by atoms with Crippen molar-refractivity contribution in [2.45, 2.75) is 20.0 Å². The Hall–Kier alpha value is -3.48. The Morgan fingerprint density at radius 3 is 2.38 bits per heavy atom. The summed E-state index contributed by atoms with van der Waals surface area (Å²) in [6, 6.07) is 15.7. The minimum Gasteiger partial charge on any atom is -0.449 e. The van der Waals surface area contributed by atoms with Crippen molar-refractivity contribution in [2.75, 3.05) is 5.32 Å². The fourth-order valence-electron chi connectivity index (χ4n) is 2.27. The predicted molar refractivity (Wildman–Crippen MR) is 94.3 cm³/mol. The fraction of sp³-hybridized carbons (Fsp3) is 0.158. The molecular weight excluding hydrogens is 334 g/mol. The van der Waals surface area contributed by atoms with Crippen LogP contribution in [0.4, 0.5) is 5.69 Å². The molecule has 0 unspecified atom stereocenters. The van der Waals surface area contributed by atoms with Gasteiger partial charge >= 0.3 is 5.97 Å². The molecule has 0 aliphatic rings. The normalized spacial score (nSPS) is 11.6. The minimum absolute atomic E-state index is 0.181. The van der Waals surface area contributed by atoms with E-state index < -0.39 is 12.1 Å². The molecule has 26 heavy (non-hydrogen) atoms. The summed E-state index contributed by atoms with van der Waals surface area (Å²) in [5.74, 6) is -0.124. The van der Waals surface area contributed by atoms with Crippen molar-refractivity contribution in [3.05, 3.63) is 66.1 Å². The molecule has 3 aromatic rings. The van der Waals surface area contributed by atoms with Crippen molar-refractivity contribution in [3.63, 3.8) is 0 Å². The van der Waals surface area contributed by atoms with Gasteiger partial charge < -0.3 is 14.5 Å². The Morgan fingerprint density at radius 1 is 1.04 bits per heavy atom. The van der Waals surface area contributed by atoms with E-state index in [1.54, 1.807) is 31.2 Å². The summed E-state index contributed by atoms with van der Waals surface area (Å²) in [6.45, 7) is 3.07. The molecule has 0 aliphatic carbocycles. The second-order valence-corrected chi connectivity index (χ2v) is 5.62. The largest absolute Gasteiger partial charge is 0.449 e. The van der Waals surface area contributed by atoms with Gasteiger partial charge in [0.1, 0.15) is 0 Å². The molecule has 1 amide bonds. The lowest BCUT2D eigenvalue weighted by Crippen LogP contribution is -2.10. The van der Waals surface area contributed by atoms with Crippen molar-refractivity contribution in [2.24, 2.45) is 0 Å². The van der Waals surface area contributed by atoms with Crippen molar-refractivity contribution >= 4 is 17.6 Å². The maximum Gasteiger partial charge on any atom is 0.338 e. The number of carbonyl (C=O) groups excluding carboxylic acids is 2. The quantitative estimate of drug-likeness (QED) is 0.706. The highest BCUT2D eigenvalue weighted by Crippen LogP contribution is 2.23. The van der Waals surface area contributed by atoms with Gasteiger partial charge in [0.25, 0.3) is 5.89 Å². The first-order chi connectivity index (χ1) is 12.5. The molecule has 0 fully saturated rings. The molecule has 0 aliphatic heterocycles. The van der Waals surface area contributed by atoms with Gasteiger partial charge in [0.15, 0.2) is 6.10 Å². The molecule has 3 rings (SSSR count). The number of rotatable bonds is 5. The molecule has 0 saturated heterocycles. The van der Waals surface area contributed by atoms with E-state index in [1.165, 1.54) is 6.92 Å². The molecule has 7 heteroatoms. The SMILES string of the molecule is CC(=O)Nc1ccc(C(=O)O[C@@H](C)c2nnc(-c3ccccc3)o2)cc1. The van der Waals surface area contributed by atoms with Gasteiger partial charge in [-0.15, -0.1) is 10.2 Å². The number of hydrogen-bond donors (Lipinski definition) is 1. The molecule has 132 valence electrons. The highest BCUT2D eigenvalue weighted by molar-refractivity contribution is 5.92. The lowest BCUT2D eigenvalue weighted by atomic mass is 10.2. The second-order valence-electron chi connectivity index (χ2n) is 5.62. The van der Waals surface area contributed by atoms with E-state index in [-0.39, 0.29) is 11.8 Å². The van der Waals surface area contributed by atoms with Gasteiger partial charge in [-0.3, -0.25) is 4.79 Å². The molecule has 1 aromatic heterocycles. The first kappa shape index (κ1) is 17.3. The molecule has 0 radical (unpaired) electrons. The molecule has 0 bridgehead atoms. The third-order valence-electron chi connectivity index (χ3n) is 3.53. The predicted octanol–water partition coefficient (Wildman–Crippen LogP) is 3.61. The van der Waals surface area contributed by atoms with E-state index in [0.717, 1.165) is 5.56 Å². The lowest BCUT2D eigenvalue weighted by Gasteiger charge is -2.10. The van der Waals surface area contributed by atoms with Crippen molar-refractivity contribution in [3.8, 4) is 11.5 Å². The summed E-state index contributed by atoms with van der Waals surface area (Å²) >= 11 is 0. The maximum absolute atomic E-state index is 12.2. The summed E-state index contributed by atoms with van der Waals surface area (Å²) in [5, 5.41) is 10.6. The van der Waals surface area contributed by atoms with E-state index in [0.29, 0.717) is 17.1 Å². The number of benzene rings is 2. The van der Waals surface area contributed by atoms with Crippen LogP contribution >= 0.6 is 0 Å². The number of aromatic nitrogens is 2. The third-order valence-corrected chi connectivity index (χ3v) is 3.53. The van der Waals surface area contributed by atoms with Gasteiger partial charge in [-0.05, 0) is 43.3 Å². The number of anilines is 1. The number of amides is 1. The van der Waals surface area contributed by atoms with Gasteiger partial charge in [-0.2, -0.15) is 0 Å². The van der Waals surface area contributed by atoms with E-state index in [4.69, 9.17) is 9.15 Å². The van der Waals surface area contributed by atoms with Crippen LogP contribution < -0.4 is 5.32 Å². The molecule has 1 heterocycles. The van der Waals surface area contributed by atoms with Crippen LogP contribution in [0.2, 0.25) is 0 Å². The lowest BCUT2D eigenvalue weighted by molar-refractivity contribution is -0.114. The fourth-order valence-corrected chi connectivity index (χ4v) is 2.27. The summed E-state index contributed by atoms with van der Waals surface area (Å²) in [4.78, 5) is 23.3. The third kappa shape index (κ3) is 4.13. The Labute approximate surface area is 150 Å². The topological polar surface area (TPSA) is 94.3 Å². The van der Waals surface area contributed by atoms with Gasteiger partial charge in [0.2, 0.25) is 11.8 Å². The van der Waals surface area contributed by atoms with Crippen LogP contribution in [-0.2, 0) is 9.53 Å². The molecule has 0 saturated carbocycles. The number of nitrogens with one attached hydrogen (secondary N) is 1. The van der Waals surface area contributed by atoms with Gasteiger partial charge in [-0.25, -0.2) is 4.79 Å². The van der Waals surface area contributed by atoms with E-state index in [9.17, 15) is 9.59 Å². The van der Waals surface area contributed by atoms with Crippen molar-refractivity contribution in [1.82, 2.24) is 10.2 Å². The summed E-state index contributed by atoms with van der Waals surface area (Å²) < 4.78 is 11.0. The number of ether oxygens (including phenoxy) is 1. The monoisotopic (exact) mass is 351 g/mol. The molecule has 0 spiro atoms. The van der Waals surface area contributed by atoms with E-state index >= 15 is 0 Å². The van der Waals surface area contributed by atoms with Crippen molar-refractivity contribution < 1.29 is 18.7 Å². The number of carbonyl (C=O) groups is 2. The second kappa shape index (κ2) is 7.60. The maximum atomic E-state index is 12.2. The standard InChI is InChI=1S/C19H17N3O4/c1-12(17-21-22-18(26-17)14-6-4-3-5-7-14)25-19(24)15-8-10-16(11-9-15)20-13(2)23/h3-12H,1-2H3,(H,20,23)/t12-/m0/s1. The average molecular weight is 351 g/mol. The van der Waals surface area contributed by atoms with Gasteiger partial charge in [0, 0.05) is 18.2 Å². The number of hydrogen-bond acceptors (Lipinski definition) is 6. The Kier molecular flexibility index (Phi) is 5.07. The van der Waals surface area contributed by atoms with E-state index in [2.05, 4.69) is 15.5 Å². The highest BCUT2D eigenvalue weighted by atomic mass is 16.6. The van der Waals surface area contributed by atoms with Crippen LogP contribution in [0.25, 0.3) is 11.5 Å². The van der Waals surface area contributed by atoms with Crippen LogP contribution in [-0.4, -0.2) is 22.1 Å². The van der Waals surface area contributed by atoms with Crippen LogP contribution in [0.3, 0.4) is 0 Å². The first-order valence-electron chi connectivity index (χ1n) is 8.00. The van der Waals surface area contributed by atoms with Crippen LogP contribution in [0.1, 0.15) is 36.2 Å². The average Bonchev–Trinajstić information content (AvgIpc) is 3.13. The molecule has 7 nitrogen and oxygen atoms in total. The summed E-state index contributed by atoms with van der Waals surface area (Å²) in [6.07, 6.45) is -0.692. The molecule has 1 atom stereocenters. The highest BCUT2D eigenvalue weighted by Gasteiger charge is 2.20. The number of esters is 1. The van der Waals surface area contributed by atoms with Crippen LogP contribution in [0.15, 0.2) is 59.0 Å². The van der Waals surface area contributed by atoms with Gasteiger partial charge in [-0.1, -0.05) is 18.2 Å². The van der Waals surface area contributed by atoms with Crippen molar-refractivity contribution in [1.29, 1.82) is 0 Å². The zero-order valence-electron chi connectivity index (χ0n) is 14.3. The van der Waals surface area contributed by atoms with Crippen LogP contribution in [0, 0.1) is 0 Å². The zero-order chi connectivity index (χ0) is 18.5. The smallest absolute Gasteiger partial charge is 0.338 e.